The third-order valence-corrected chi connectivity index (χ3v) is 6.02. The summed E-state index contributed by atoms with van der Waals surface area (Å²) in [5.41, 5.74) is 0.0877. The Balaban J connectivity index is 1.72. The molecule has 1 aromatic carbocycles. The van der Waals surface area contributed by atoms with Crippen LogP contribution in [0.1, 0.15) is 25.0 Å². The Bertz CT molecular complexity index is 840. The second kappa shape index (κ2) is 7.28. The number of phenols is 1. The van der Waals surface area contributed by atoms with Crippen LogP contribution in [0, 0.1) is 0 Å². The largest absolute Gasteiger partial charge is 0.506 e. The number of furan rings is 1. The van der Waals surface area contributed by atoms with Gasteiger partial charge in [0, 0.05) is 25.9 Å². The van der Waals surface area contributed by atoms with E-state index in [-0.39, 0.29) is 28.7 Å². The highest BCUT2D eigenvalue weighted by molar-refractivity contribution is 7.89. The quantitative estimate of drug-likeness (QED) is 0.767. The van der Waals surface area contributed by atoms with Crippen molar-refractivity contribution in [2.45, 2.75) is 30.6 Å². The van der Waals surface area contributed by atoms with Crippen molar-refractivity contribution in [2.75, 3.05) is 18.4 Å². The van der Waals surface area contributed by atoms with Gasteiger partial charge in [0.1, 0.15) is 11.5 Å². The smallest absolute Gasteiger partial charge is 0.243 e. The molecule has 134 valence electrons. The standard InChI is InChI=1S/C17H20N2O5S/c20-16-7-6-14(25(22,23)19-9-1-2-10-19)12-15(16)18-17(21)8-5-13-4-3-11-24-13/h3-4,6-7,11-12,20H,1-2,5,8-10H2,(H,18,21). The average molecular weight is 364 g/mol. The number of carbonyl (C=O) groups is 1. The van der Waals surface area contributed by atoms with Gasteiger partial charge in [-0.1, -0.05) is 0 Å². The molecule has 7 nitrogen and oxygen atoms in total. The van der Waals surface area contributed by atoms with Crippen LogP contribution in [0.5, 0.6) is 5.75 Å². The van der Waals surface area contributed by atoms with Gasteiger partial charge in [0.15, 0.2) is 0 Å². The molecule has 0 radical (unpaired) electrons. The predicted molar refractivity (Wildman–Crippen MR) is 91.8 cm³/mol. The van der Waals surface area contributed by atoms with E-state index in [9.17, 15) is 18.3 Å². The number of hydrogen-bond acceptors (Lipinski definition) is 5. The van der Waals surface area contributed by atoms with Crippen molar-refractivity contribution < 1.29 is 22.7 Å². The first-order valence-electron chi connectivity index (χ1n) is 8.12. The van der Waals surface area contributed by atoms with Crippen LogP contribution in [-0.4, -0.2) is 36.8 Å². The molecule has 1 saturated heterocycles. The minimum absolute atomic E-state index is 0.0635. The Labute approximate surface area is 146 Å². The molecule has 25 heavy (non-hydrogen) atoms. The summed E-state index contributed by atoms with van der Waals surface area (Å²) in [5.74, 6) is 0.180. The van der Waals surface area contributed by atoms with Gasteiger partial charge in [0.2, 0.25) is 15.9 Å². The fraction of sp³-hybridized carbons (Fsp3) is 0.353. The Hall–Kier alpha value is -2.32. The molecule has 0 spiro atoms. The van der Waals surface area contributed by atoms with E-state index in [0.717, 1.165) is 12.8 Å². The van der Waals surface area contributed by atoms with Crippen LogP contribution >= 0.6 is 0 Å². The topological polar surface area (TPSA) is 99.8 Å². The van der Waals surface area contributed by atoms with Gasteiger partial charge in [0.05, 0.1) is 16.8 Å². The van der Waals surface area contributed by atoms with E-state index >= 15 is 0 Å². The van der Waals surface area contributed by atoms with Crippen molar-refractivity contribution in [1.82, 2.24) is 4.31 Å². The van der Waals surface area contributed by atoms with Crippen LogP contribution in [0.2, 0.25) is 0 Å². The third-order valence-electron chi connectivity index (χ3n) is 4.12. The highest BCUT2D eigenvalue weighted by atomic mass is 32.2. The van der Waals surface area contributed by atoms with Gasteiger partial charge in [-0.3, -0.25) is 4.79 Å². The van der Waals surface area contributed by atoms with E-state index in [1.807, 2.05) is 0 Å². The summed E-state index contributed by atoms with van der Waals surface area (Å²) < 4.78 is 31.8. The van der Waals surface area contributed by atoms with Gasteiger partial charge in [-0.2, -0.15) is 4.31 Å². The van der Waals surface area contributed by atoms with Gasteiger partial charge in [-0.15, -0.1) is 0 Å². The molecule has 1 amide bonds. The van der Waals surface area contributed by atoms with Crippen LogP contribution in [0.25, 0.3) is 0 Å². The summed E-state index contributed by atoms with van der Waals surface area (Å²) in [6.07, 6.45) is 3.80. The molecule has 2 N–H and O–H groups in total. The average Bonchev–Trinajstić information content (AvgIpc) is 3.28. The molecule has 0 saturated carbocycles. The number of anilines is 1. The minimum atomic E-state index is -3.61. The summed E-state index contributed by atoms with van der Waals surface area (Å²) in [4.78, 5) is 12.1. The molecule has 1 aliphatic rings. The van der Waals surface area contributed by atoms with Crippen LogP contribution in [-0.2, 0) is 21.2 Å². The SMILES string of the molecule is O=C(CCc1ccco1)Nc1cc(S(=O)(=O)N2CCCC2)ccc1O. The molecular weight excluding hydrogens is 344 g/mol. The molecule has 0 bridgehead atoms. The first-order valence-corrected chi connectivity index (χ1v) is 9.56. The molecule has 2 heterocycles. The van der Waals surface area contributed by atoms with Crippen LogP contribution in [0.15, 0.2) is 45.9 Å². The molecule has 0 atom stereocenters. The molecule has 1 fully saturated rings. The lowest BCUT2D eigenvalue weighted by Crippen LogP contribution is -2.28. The van der Waals surface area contributed by atoms with Gasteiger partial charge in [-0.05, 0) is 43.2 Å². The second-order valence-corrected chi connectivity index (χ2v) is 7.86. The Morgan fingerprint density at radius 2 is 2.00 bits per heavy atom. The fourth-order valence-electron chi connectivity index (χ4n) is 2.76. The van der Waals surface area contributed by atoms with E-state index in [0.29, 0.717) is 25.3 Å². The van der Waals surface area contributed by atoms with E-state index in [1.165, 1.54) is 28.8 Å². The van der Waals surface area contributed by atoms with Crippen LogP contribution in [0.4, 0.5) is 5.69 Å². The number of rotatable bonds is 6. The number of carbonyl (C=O) groups excluding carboxylic acids is 1. The summed E-state index contributed by atoms with van der Waals surface area (Å²) in [7, 11) is -3.61. The lowest BCUT2D eigenvalue weighted by Gasteiger charge is -2.16. The number of nitrogens with one attached hydrogen (secondary N) is 1. The zero-order valence-electron chi connectivity index (χ0n) is 13.6. The van der Waals surface area contributed by atoms with Crippen molar-refractivity contribution in [3.63, 3.8) is 0 Å². The van der Waals surface area contributed by atoms with Gasteiger partial charge < -0.3 is 14.8 Å². The minimum Gasteiger partial charge on any atom is -0.506 e. The maximum absolute atomic E-state index is 12.6. The first kappa shape index (κ1) is 17.5. The second-order valence-electron chi connectivity index (χ2n) is 5.92. The fourth-order valence-corrected chi connectivity index (χ4v) is 4.30. The number of hydrogen-bond donors (Lipinski definition) is 2. The lowest BCUT2D eigenvalue weighted by atomic mass is 10.2. The number of aromatic hydroxyl groups is 1. The number of aryl methyl sites for hydroxylation is 1. The zero-order chi connectivity index (χ0) is 17.9. The number of amides is 1. The van der Waals surface area contributed by atoms with Crippen molar-refractivity contribution in [2.24, 2.45) is 0 Å². The first-order chi connectivity index (χ1) is 12.0. The maximum atomic E-state index is 12.6. The van der Waals surface area contributed by atoms with E-state index in [1.54, 1.807) is 12.1 Å². The Kier molecular flexibility index (Phi) is 5.10. The zero-order valence-corrected chi connectivity index (χ0v) is 14.5. The Morgan fingerprint density at radius 3 is 2.68 bits per heavy atom. The maximum Gasteiger partial charge on any atom is 0.243 e. The monoisotopic (exact) mass is 364 g/mol. The lowest BCUT2D eigenvalue weighted by molar-refractivity contribution is -0.116. The molecule has 8 heteroatoms. The molecule has 2 aromatic rings. The summed E-state index contributed by atoms with van der Waals surface area (Å²) in [5, 5.41) is 12.5. The highest BCUT2D eigenvalue weighted by Crippen LogP contribution is 2.29. The number of benzene rings is 1. The van der Waals surface area contributed by atoms with E-state index in [4.69, 9.17) is 4.42 Å². The number of nitrogens with zero attached hydrogens (tertiary/aromatic N) is 1. The summed E-state index contributed by atoms with van der Waals surface area (Å²) in [6.45, 7) is 0.988. The van der Waals surface area contributed by atoms with Crippen LogP contribution in [0.3, 0.4) is 0 Å². The van der Waals surface area contributed by atoms with E-state index in [2.05, 4.69) is 5.32 Å². The van der Waals surface area contributed by atoms with Crippen molar-refractivity contribution in [3.05, 3.63) is 42.4 Å². The normalized spacial score (nSPS) is 15.4. The number of phenolic OH excluding ortho intramolecular Hbond substituents is 1. The van der Waals surface area contributed by atoms with Gasteiger partial charge in [0.25, 0.3) is 0 Å². The van der Waals surface area contributed by atoms with Crippen LogP contribution < -0.4 is 5.32 Å². The molecule has 0 aliphatic carbocycles. The predicted octanol–water partition coefficient (Wildman–Crippen LogP) is 2.34. The summed E-state index contributed by atoms with van der Waals surface area (Å²) >= 11 is 0. The van der Waals surface area contributed by atoms with E-state index < -0.39 is 10.0 Å². The number of sulfonamides is 1. The molecule has 0 unspecified atom stereocenters. The summed E-state index contributed by atoms with van der Waals surface area (Å²) in [6, 6.07) is 7.44. The van der Waals surface area contributed by atoms with Crippen molar-refractivity contribution in [1.29, 1.82) is 0 Å². The molecule has 1 aromatic heterocycles. The van der Waals surface area contributed by atoms with Crippen molar-refractivity contribution in [3.8, 4) is 5.75 Å². The molecule has 3 rings (SSSR count). The molecular formula is C17H20N2O5S. The van der Waals surface area contributed by atoms with Gasteiger partial charge in [-0.25, -0.2) is 8.42 Å². The third kappa shape index (κ3) is 4.02. The highest BCUT2D eigenvalue weighted by Gasteiger charge is 2.27. The Morgan fingerprint density at radius 1 is 1.24 bits per heavy atom. The molecule has 1 aliphatic heterocycles. The van der Waals surface area contributed by atoms with Crippen molar-refractivity contribution >= 4 is 21.6 Å². The van der Waals surface area contributed by atoms with Gasteiger partial charge >= 0.3 is 0 Å².